The smallest absolute Gasteiger partial charge is 0.410 e. The van der Waals surface area contributed by atoms with Crippen LogP contribution in [0.15, 0.2) is 22.7 Å². The van der Waals surface area contributed by atoms with Crippen molar-refractivity contribution in [2.24, 2.45) is 0 Å². The van der Waals surface area contributed by atoms with Gasteiger partial charge in [0.05, 0.1) is 4.47 Å². The maximum absolute atomic E-state index is 13.5. The van der Waals surface area contributed by atoms with Crippen molar-refractivity contribution in [2.75, 3.05) is 7.05 Å². The van der Waals surface area contributed by atoms with E-state index in [0.717, 1.165) is 4.90 Å². The monoisotopic (exact) mass is 345 g/mol. The van der Waals surface area contributed by atoms with Crippen LogP contribution in [0.5, 0.6) is 0 Å². The van der Waals surface area contributed by atoms with Crippen LogP contribution in [-0.2, 0) is 9.53 Å². The van der Waals surface area contributed by atoms with Gasteiger partial charge >= 0.3 is 6.09 Å². The van der Waals surface area contributed by atoms with Crippen molar-refractivity contribution in [3.8, 4) is 0 Å². The van der Waals surface area contributed by atoms with Crippen molar-refractivity contribution in [1.29, 1.82) is 0 Å². The Morgan fingerprint density at radius 1 is 1.45 bits per heavy atom. The first-order valence-corrected chi connectivity index (χ1v) is 6.81. The fraction of sp³-hybridized carbons (Fsp3) is 0.429. The molecule has 0 spiro atoms. The first kappa shape index (κ1) is 16.6. The van der Waals surface area contributed by atoms with Crippen molar-refractivity contribution in [2.45, 2.75) is 32.4 Å². The number of benzene rings is 1. The number of hydrogen-bond donors (Lipinski definition) is 0. The van der Waals surface area contributed by atoms with E-state index in [1.165, 1.54) is 19.2 Å². The highest BCUT2D eigenvalue weighted by Crippen LogP contribution is 2.29. The van der Waals surface area contributed by atoms with Crippen molar-refractivity contribution < 1.29 is 18.7 Å². The molecule has 4 nitrogen and oxygen atoms in total. The second-order valence-electron chi connectivity index (χ2n) is 5.32. The molecule has 20 heavy (non-hydrogen) atoms. The molecule has 1 aromatic carbocycles. The van der Waals surface area contributed by atoms with Gasteiger partial charge in [0.2, 0.25) is 0 Å². The molecule has 0 bridgehead atoms. The zero-order valence-electron chi connectivity index (χ0n) is 11.8. The number of likely N-dealkylation sites (N-methyl/N-ethyl adjacent to an activating group) is 1. The van der Waals surface area contributed by atoms with E-state index in [0.29, 0.717) is 11.8 Å². The number of amides is 1. The number of halogens is 2. The summed E-state index contributed by atoms with van der Waals surface area (Å²) in [7, 11) is 1.44. The van der Waals surface area contributed by atoms with Crippen molar-refractivity contribution >= 4 is 28.3 Å². The minimum absolute atomic E-state index is 0.160. The van der Waals surface area contributed by atoms with E-state index >= 15 is 0 Å². The van der Waals surface area contributed by atoms with Crippen molar-refractivity contribution in [3.05, 3.63) is 34.1 Å². The normalized spacial score (nSPS) is 12.7. The van der Waals surface area contributed by atoms with Crippen LogP contribution >= 0.6 is 15.9 Å². The van der Waals surface area contributed by atoms with Crippen LogP contribution in [0.1, 0.15) is 32.4 Å². The molecule has 0 radical (unpaired) electrons. The molecule has 110 valence electrons. The Morgan fingerprint density at radius 3 is 2.55 bits per heavy atom. The zero-order valence-corrected chi connectivity index (χ0v) is 13.4. The molecule has 1 aromatic rings. The van der Waals surface area contributed by atoms with Gasteiger partial charge in [0, 0.05) is 7.05 Å². The van der Waals surface area contributed by atoms with Crippen molar-refractivity contribution in [1.82, 2.24) is 4.90 Å². The summed E-state index contributed by atoms with van der Waals surface area (Å²) in [5.41, 5.74) is -0.300. The molecule has 0 aliphatic heterocycles. The highest BCUT2D eigenvalue weighted by molar-refractivity contribution is 9.10. The van der Waals surface area contributed by atoms with Gasteiger partial charge in [-0.3, -0.25) is 4.90 Å². The molecule has 0 aliphatic rings. The number of aldehydes is 1. The fourth-order valence-electron chi connectivity index (χ4n) is 1.57. The first-order valence-electron chi connectivity index (χ1n) is 6.02. The summed E-state index contributed by atoms with van der Waals surface area (Å²) in [5, 5.41) is 0. The van der Waals surface area contributed by atoms with Gasteiger partial charge in [-0.25, -0.2) is 9.18 Å². The third kappa shape index (κ3) is 4.03. The van der Waals surface area contributed by atoms with E-state index in [1.807, 2.05) is 0 Å². The fourth-order valence-corrected chi connectivity index (χ4v) is 2.07. The summed E-state index contributed by atoms with van der Waals surface area (Å²) in [6, 6.07) is 3.40. The summed E-state index contributed by atoms with van der Waals surface area (Å²) < 4.78 is 18.9. The maximum atomic E-state index is 13.5. The largest absolute Gasteiger partial charge is 0.444 e. The van der Waals surface area contributed by atoms with E-state index in [9.17, 15) is 14.0 Å². The Balaban J connectivity index is 3.04. The van der Waals surface area contributed by atoms with Crippen LogP contribution in [0.25, 0.3) is 0 Å². The van der Waals surface area contributed by atoms with Gasteiger partial charge in [-0.15, -0.1) is 0 Å². The molecule has 1 rings (SSSR count). The first-order chi connectivity index (χ1) is 9.17. The van der Waals surface area contributed by atoms with Gasteiger partial charge in [-0.05, 0) is 48.3 Å². The number of hydrogen-bond acceptors (Lipinski definition) is 3. The summed E-state index contributed by atoms with van der Waals surface area (Å²) in [6.07, 6.45) is -0.0746. The van der Waals surface area contributed by atoms with E-state index < -0.39 is 23.6 Å². The summed E-state index contributed by atoms with van der Waals surface area (Å²) in [5.74, 6) is -0.494. The van der Waals surface area contributed by atoms with E-state index in [2.05, 4.69) is 15.9 Å². The molecule has 0 heterocycles. The van der Waals surface area contributed by atoms with Crippen LogP contribution in [-0.4, -0.2) is 29.9 Å². The molecule has 1 atom stereocenters. The van der Waals surface area contributed by atoms with Gasteiger partial charge in [-0.1, -0.05) is 12.1 Å². The lowest BCUT2D eigenvalue weighted by molar-refractivity contribution is -0.112. The van der Waals surface area contributed by atoms with Crippen LogP contribution in [0.4, 0.5) is 9.18 Å². The predicted molar refractivity (Wildman–Crippen MR) is 76.9 cm³/mol. The lowest BCUT2D eigenvalue weighted by Crippen LogP contribution is -2.37. The topological polar surface area (TPSA) is 46.6 Å². The second kappa shape index (κ2) is 6.35. The lowest BCUT2D eigenvalue weighted by Gasteiger charge is -2.28. The van der Waals surface area contributed by atoms with Crippen LogP contribution in [0.3, 0.4) is 0 Å². The predicted octanol–water partition coefficient (Wildman–Crippen LogP) is 3.70. The van der Waals surface area contributed by atoms with Gasteiger partial charge in [0.25, 0.3) is 0 Å². The molecule has 0 aromatic heterocycles. The SMILES string of the molecule is CN(C(=O)OC(C)(C)C)C(C=O)c1cccc(F)c1Br. The molecule has 6 heteroatoms. The minimum atomic E-state index is -0.921. The average Bonchev–Trinajstić information content (AvgIpc) is 2.33. The standard InChI is InChI=1S/C14H17BrFNO3/c1-14(2,3)20-13(19)17(4)11(8-18)9-6-5-7-10(16)12(9)15/h5-8,11H,1-4H3. The average molecular weight is 346 g/mol. The molecule has 0 N–H and O–H groups in total. The van der Waals surface area contributed by atoms with Gasteiger partial charge in [0.15, 0.2) is 0 Å². The number of carbonyl (C=O) groups excluding carboxylic acids is 2. The summed E-state index contributed by atoms with van der Waals surface area (Å²) >= 11 is 3.09. The number of rotatable bonds is 3. The third-order valence-electron chi connectivity index (χ3n) is 2.53. The van der Waals surface area contributed by atoms with Gasteiger partial charge < -0.3 is 9.53 Å². The maximum Gasteiger partial charge on any atom is 0.410 e. The highest BCUT2D eigenvalue weighted by Gasteiger charge is 2.27. The lowest BCUT2D eigenvalue weighted by atomic mass is 10.1. The Morgan fingerprint density at radius 2 is 2.05 bits per heavy atom. The molecular formula is C14H17BrFNO3. The highest BCUT2D eigenvalue weighted by atomic mass is 79.9. The molecule has 0 saturated heterocycles. The molecule has 0 aliphatic carbocycles. The number of ether oxygens (including phenoxy) is 1. The molecule has 0 fully saturated rings. The number of nitrogens with zero attached hydrogens (tertiary/aromatic N) is 1. The van der Waals surface area contributed by atoms with Crippen LogP contribution < -0.4 is 0 Å². The van der Waals surface area contributed by atoms with E-state index in [1.54, 1.807) is 26.8 Å². The van der Waals surface area contributed by atoms with E-state index in [4.69, 9.17) is 4.74 Å². The third-order valence-corrected chi connectivity index (χ3v) is 3.36. The Kier molecular flexibility index (Phi) is 5.28. The number of carbonyl (C=O) groups is 2. The van der Waals surface area contributed by atoms with Crippen LogP contribution in [0.2, 0.25) is 0 Å². The van der Waals surface area contributed by atoms with Gasteiger partial charge in [-0.2, -0.15) is 0 Å². The zero-order chi connectivity index (χ0) is 15.5. The molecule has 1 amide bonds. The van der Waals surface area contributed by atoms with Crippen molar-refractivity contribution in [3.63, 3.8) is 0 Å². The second-order valence-corrected chi connectivity index (χ2v) is 6.11. The molecule has 1 unspecified atom stereocenters. The Labute approximate surface area is 126 Å². The van der Waals surface area contributed by atoms with E-state index in [-0.39, 0.29) is 4.47 Å². The summed E-state index contributed by atoms with van der Waals surface area (Å²) in [6.45, 7) is 5.19. The Bertz CT molecular complexity index is 514. The minimum Gasteiger partial charge on any atom is -0.444 e. The molecular weight excluding hydrogens is 329 g/mol. The summed E-state index contributed by atoms with van der Waals surface area (Å²) in [4.78, 5) is 24.4. The quantitative estimate of drug-likeness (QED) is 0.784. The van der Waals surface area contributed by atoms with Crippen LogP contribution in [0, 0.1) is 5.82 Å². The van der Waals surface area contributed by atoms with Gasteiger partial charge in [0.1, 0.15) is 23.7 Å². The molecule has 0 saturated carbocycles. The Hall–Kier alpha value is -1.43.